The minimum Gasteiger partial charge on any atom is -0.106 e. The van der Waals surface area contributed by atoms with Crippen LogP contribution in [0.2, 0.25) is 0 Å². The lowest BCUT2D eigenvalue weighted by molar-refractivity contribution is 1.12. The molecule has 0 aliphatic heterocycles. The average Bonchev–Trinajstić information content (AvgIpc) is 2.44. The molecule has 0 aromatic heterocycles. The Bertz CT molecular complexity index is 448. The molecular formula is C18H22. The highest BCUT2D eigenvalue weighted by atomic mass is 14.0. The van der Waals surface area contributed by atoms with E-state index >= 15 is 0 Å². The van der Waals surface area contributed by atoms with Crippen LogP contribution < -0.4 is 0 Å². The van der Waals surface area contributed by atoms with Gasteiger partial charge >= 0.3 is 0 Å². The minimum absolute atomic E-state index is 1.03. The van der Waals surface area contributed by atoms with Crippen molar-refractivity contribution < 1.29 is 0 Å². The molecule has 0 nitrogen and oxygen atoms in total. The predicted molar refractivity (Wildman–Crippen MR) is 81.1 cm³/mol. The van der Waals surface area contributed by atoms with Gasteiger partial charge in [0.15, 0.2) is 0 Å². The first-order valence-electron chi connectivity index (χ1n) is 6.41. The van der Waals surface area contributed by atoms with E-state index in [2.05, 4.69) is 75.5 Å². The van der Waals surface area contributed by atoms with Gasteiger partial charge in [-0.1, -0.05) is 61.0 Å². The number of benzene rings is 2. The normalized spacial score (nSPS) is 9.44. The Labute approximate surface area is 111 Å². The van der Waals surface area contributed by atoms with Crippen molar-refractivity contribution >= 4 is 0 Å². The third-order valence-electron chi connectivity index (χ3n) is 2.96. The van der Waals surface area contributed by atoms with E-state index in [4.69, 9.17) is 0 Å². The third kappa shape index (κ3) is 4.21. The maximum Gasteiger partial charge on any atom is -0.00258 e. The van der Waals surface area contributed by atoms with E-state index in [1.807, 2.05) is 0 Å². The molecule has 0 atom stereocenters. The topological polar surface area (TPSA) is 0 Å². The number of rotatable bonds is 3. The molecule has 18 heavy (non-hydrogen) atoms. The summed E-state index contributed by atoms with van der Waals surface area (Å²) in [6.07, 6.45) is 2.15. The second kappa shape index (κ2) is 7.50. The standard InChI is InChI=1S/C16H18.C2H4/c1-3-14-8-10-16(11-9-14)12-15-6-4-13(2)5-7-15;1-2/h4-11H,3,12H2,1-2H3;1-2H2. The van der Waals surface area contributed by atoms with E-state index in [-0.39, 0.29) is 0 Å². The maximum atomic E-state index is 3.00. The van der Waals surface area contributed by atoms with Crippen molar-refractivity contribution in [1.82, 2.24) is 0 Å². The molecule has 0 amide bonds. The molecule has 0 N–H and O–H groups in total. The summed E-state index contributed by atoms with van der Waals surface area (Å²) in [6, 6.07) is 17.7. The summed E-state index contributed by atoms with van der Waals surface area (Å²) in [5, 5.41) is 0. The monoisotopic (exact) mass is 238 g/mol. The highest BCUT2D eigenvalue weighted by molar-refractivity contribution is 5.30. The van der Waals surface area contributed by atoms with E-state index in [1.54, 1.807) is 0 Å². The summed E-state index contributed by atoms with van der Waals surface area (Å²) in [5.41, 5.74) is 5.51. The van der Waals surface area contributed by atoms with Crippen LogP contribution in [0.3, 0.4) is 0 Å². The summed E-state index contributed by atoms with van der Waals surface area (Å²) in [7, 11) is 0. The molecule has 2 rings (SSSR count). The van der Waals surface area contributed by atoms with Crippen molar-refractivity contribution in [1.29, 1.82) is 0 Å². The van der Waals surface area contributed by atoms with Gasteiger partial charge in [0.05, 0.1) is 0 Å². The first kappa shape index (κ1) is 14.2. The van der Waals surface area contributed by atoms with Crippen LogP contribution in [0, 0.1) is 6.92 Å². The van der Waals surface area contributed by atoms with E-state index in [1.165, 1.54) is 22.3 Å². The third-order valence-corrected chi connectivity index (χ3v) is 2.96. The number of hydrogen-bond acceptors (Lipinski definition) is 0. The summed E-state index contributed by atoms with van der Waals surface area (Å²) in [4.78, 5) is 0. The summed E-state index contributed by atoms with van der Waals surface area (Å²) >= 11 is 0. The predicted octanol–water partition coefficient (Wildman–Crippen LogP) is 4.95. The summed E-state index contributed by atoms with van der Waals surface area (Å²) in [5.74, 6) is 0. The van der Waals surface area contributed by atoms with E-state index in [9.17, 15) is 0 Å². The lowest BCUT2D eigenvalue weighted by Crippen LogP contribution is -1.89. The van der Waals surface area contributed by atoms with Crippen LogP contribution in [0.25, 0.3) is 0 Å². The van der Waals surface area contributed by atoms with Gasteiger partial charge in [0.1, 0.15) is 0 Å². The van der Waals surface area contributed by atoms with Crippen LogP contribution in [0.15, 0.2) is 61.7 Å². The molecule has 94 valence electrons. The molecule has 0 unspecified atom stereocenters. The molecule has 0 radical (unpaired) electrons. The molecule has 0 saturated heterocycles. The highest BCUT2D eigenvalue weighted by Crippen LogP contribution is 2.12. The van der Waals surface area contributed by atoms with Crippen molar-refractivity contribution in [3.8, 4) is 0 Å². The highest BCUT2D eigenvalue weighted by Gasteiger charge is 1.96. The Morgan fingerprint density at radius 3 is 1.56 bits per heavy atom. The van der Waals surface area contributed by atoms with E-state index < -0.39 is 0 Å². The quantitative estimate of drug-likeness (QED) is 0.664. The molecule has 0 heterocycles. The van der Waals surface area contributed by atoms with Gasteiger partial charge in [0.2, 0.25) is 0 Å². The summed E-state index contributed by atoms with van der Waals surface area (Å²) < 4.78 is 0. The minimum atomic E-state index is 1.03. The van der Waals surface area contributed by atoms with Crippen LogP contribution >= 0.6 is 0 Å². The Hall–Kier alpha value is -1.82. The van der Waals surface area contributed by atoms with Crippen molar-refractivity contribution in [2.24, 2.45) is 0 Å². The largest absolute Gasteiger partial charge is 0.106 e. The van der Waals surface area contributed by atoms with E-state index in [0.29, 0.717) is 0 Å². The molecule has 2 aromatic carbocycles. The molecule has 0 fully saturated rings. The van der Waals surface area contributed by atoms with Crippen LogP contribution in [-0.2, 0) is 12.8 Å². The van der Waals surface area contributed by atoms with Gasteiger partial charge in [-0.15, -0.1) is 13.2 Å². The molecule has 0 bridgehead atoms. The fourth-order valence-corrected chi connectivity index (χ4v) is 1.83. The molecule has 0 aliphatic carbocycles. The first-order valence-corrected chi connectivity index (χ1v) is 6.41. The van der Waals surface area contributed by atoms with Crippen molar-refractivity contribution in [2.45, 2.75) is 26.7 Å². The van der Waals surface area contributed by atoms with Crippen LogP contribution in [-0.4, -0.2) is 0 Å². The van der Waals surface area contributed by atoms with Gasteiger partial charge in [-0.2, -0.15) is 0 Å². The van der Waals surface area contributed by atoms with Crippen molar-refractivity contribution in [3.05, 3.63) is 83.9 Å². The zero-order valence-corrected chi connectivity index (χ0v) is 11.4. The molecule has 0 aliphatic rings. The summed E-state index contributed by atoms with van der Waals surface area (Å²) in [6.45, 7) is 10.3. The van der Waals surface area contributed by atoms with Gasteiger partial charge in [0.25, 0.3) is 0 Å². The number of hydrogen-bond donors (Lipinski definition) is 0. The van der Waals surface area contributed by atoms with Crippen molar-refractivity contribution in [3.63, 3.8) is 0 Å². The van der Waals surface area contributed by atoms with Crippen LogP contribution in [0.4, 0.5) is 0 Å². The Kier molecular flexibility index (Phi) is 5.93. The second-order valence-electron chi connectivity index (χ2n) is 4.33. The zero-order valence-electron chi connectivity index (χ0n) is 11.4. The van der Waals surface area contributed by atoms with Gasteiger partial charge < -0.3 is 0 Å². The molecule has 2 aromatic rings. The Morgan fingerprint density at radius 2 is 1.11 bits per heavy atom. The Balaban J connectivity index is 0.000000771. The first-order chi connectivity index (χ1) is 8.78. The fourth-order valence-electron chi connectivity index (χ4n) is 1.83. The SMILES string of the molecule is C=C.CCc1ccc(Cc2ccc(C)cc2)cc1. The average molecular weight is 238 g/mol. The molecular weight excluding hydrogens is 216 g/mol. The zero-order chi connectivity index (χ0) is 13.4. The van der Waals surface area contributed by atoms with Gasteiger partial charge in [-0.05, 0) is 36.5 Å². The molecule has 0 spiro atoms. The van der Waals surface area contributed by atoms with Gasteiger partial charge in [0, 0.05) is 0 Å². The fraction of sp³-hybridized carbons (Fsp3) is 0.222. The number of aryl methyl sites for hydroxylation is 2. The van der Waals surface area contributed by atoms with Crippen molar-refractivity contribution in [2.75, 3.05) is 0 Å². The lowest BCUT2D eigenvalue weighted by Gasteiger charge is -2.03. The second-order valence-corrected chi connectivity index (χ2v) is 4.33. The van der Waals surface area contributed by atoms with Gasteiger partial charge in [-0.25, -0.2) is 0 Å². The maximum absolute atomic E-state index is 3.00. The van der Waals surface area contributed by atoms with Gasteiger partial charge in [-0.3, -0.25) is 0 Å². The molecule has 0 heteroatoms. The molecule has 0 saturated carbocycles. The lowest BCUT2D eigenvalue weighted by atomic mass is 10.0. The smallest absolute Gasteiger partial charge is 0.00258 e. The Morgan fingerprint density at radius 1 is 0.722 bits per heavy atom. The van der Waals surface area contributed by atoms with E-state index in [0.717, 1.165) is 12.8 Å². The van der Waals surface area contributed by atoms with Crippen LogP contribution in [0.1, 0.15) is 29.2 Å². The van der Waals surface area contributed by atoms with Crippen LogP contribution in [0.5, 0.6) is 0 Å².